The molecule has 0 radical (unpaired) electrons. The molecule has 0 spiro atoms. The Morgan fingerprint density at radius 3 is 2.86 bits per heavy atom. The first-order chi connectivity index (χ1) is 17.2. The van der Waals surface area contributed by atoms with Crippen molar-refractivity contribution >= 4 is 34.0 Å². The van der Waals surface area contributed by atoms with Gasteiger partial charge in [0.05, 0.1) is 27.7 Å². The number of rotatable bonds is 4. The number of para-hydroxylation sites is 1. The van der Waals surface area contributed by atoms with Crippen molar-refractivity contribution in [3.8, 4) is 17.5 Å². The summed E-state index contributed by atoms with van der Waals surface area (Å²) in [5, 5.41) is 6.04. The summed E-state index contributed by atoms with van der Waals surface area (Å²) in [6.45, 7) is 1.08. The highest BCUT2D eigenvalue weighted by atomic mass is 35.5. The molecule has 0 bridgehead atoms. The molecule has 1 fully saturated rings. The second kappa shape index (κ2) is 8.58. The Morgan fingerprint density at radius 2 is 2.09 bits per heavy atom. The molecule has 35 heavy (non-hydrogen) atoms. The average molecular weight is 486 g/mol. The number of hydrogen-bond donors (Lipinski definition) is 1. The van der Waals surface area contributed by atoms with Crippen LogP contribution in [0.15, 0.2) is 59.9 Å². The molecule has 0 amide bonds. The van der Waals surface area contributed by atoms with Gasteiger partial charge in [0.25, 0.3) is 5.56 Å². The van der Waals surface area contributed by atoms with Gasteiger partial charge in [-0.2, -0.15) is 5.10 Å². The topological polar surface area (TPSA) is 93.3 Å². The van der Waals surface area contributed by atoms with Gasteiger partial charge in [-0.1, -0.05) is 41.6 Å². The van der Waals surface area contributed by atoms with Crippen LogP contribution in [-0.2, 0) is 4.74 Å². The third-order valence-corrected chi connectivity index (χ3v) is 6.46. The molecule has 1 aliphatic heterocycles. The van der Waals surface area contributed by atoms with E-state index in [1.54, 1.807) is 28.5 Å². The Kier molecular flexibility index (Phi) is 5.25. The van der Waals surface area contributed by atoms with E-state index in [9.17, 15) is 4.79 Å². The Morgan fingerprint density at radius 1 is 1.23 bits per heavy atom. The van der Waals surface area contributed by atoms with Crippen molar-refractivity contribution in [1.29, 1.82) is 0 Å². The highest BCUT2D eigenvalue weighted by molar-refractivity contribution is 6.33. The number of hydrogen-bond acceptors (Lipinski definition) is 6. The van der Waals surface area contributed by atoms with E-state index < -0.39 is 0 Å². The Hall–Kier alpha value is -4.13. The standard InChI is InChI=1S/C25H20ClN7O2/c1-35-13-5-6-16-14-27-22-20(16)24(29-15-28-22)31-11-10-19(31)23-30-32-12-9-18(26)21(32)25(34)33(23)17-7-3-2-4-8-17/h2-4,7-9,12,14-15,19H,10-11,13H2,1H3,(H,27,28,29)/t19-/m0/s1. The van der Waals surface area contributed by atoms with Gasteiger partial charge in [-0.15, -0.1) is 0 Å². The molecule has 9 nitrogen and oxygen atoms in total. The normalized spacial score (nSPS) is 15.3. The van der Waals surface area contributed by atoms with E-state index in [2.05, 4.69) is 31.7 Å². The average Bonchev–Trinajstić information content (AvgIpc) is 3.43. The number of aromatic amines is 1. The summed E-state index contributed by atoms with van der Waals surface area (Å²) in [5.41, 5.74) is 2.34. The maximum atomic E-state index is 13.6. The van der Waals surface area contributed by atoms with Crippen LogP contribution in [-0.4, -0.2) is 49.4 Å². The highest BCUT2D eigenvalue weighted by Crippen LogP contribution is 2.39. The minimum atomic E-state index is -0.219. The molecule has 0 saturated carbocycles. The molecule has 1 aliphatic rings. The van der Waals surface area contributed by atoms with E-state index in [-0.39, 0.29) is 11.6 Å². The van der Waals surface area contributed by atoms with Gasteiger partial charge in [0.1, 0.15) is 29.9 Å². The summed E-state index contributed by atoms with van der Waals surface area (Å²) >= 11 is 6.34. The van der Waals surface area contributed by atoms with Gasteiger partial charge in [0.15, 0.2) is 5.82 Å². The molecule has 5 aromatic rings. The molecule has 1 aromatic carbocycles. The van der Waals surface area contributed by atoms with Crippen LogP contribution in [0.25, 0.3) is 22.2 Å². The maximum Gasteiger partial charge on any atom is 0.284 e. The second-order valence-electron chi connectivity index (χ2n) is 8.15. The number of aromatic nitrogens is 6. The lowest BCUT2D eigenvalue weighted by atomic mass is 10.0. The van der Waals surface area contributed by atoms with E-state index in [4.69, 9.17) is 21.4 Å². The van der Waals surface area contributed by atoms with Crippen LogP contribution in [0.5, 0.6) is 0 Å². The molecular formula is C25H20ClN7O2. The lowest BCUT2D eigenvalue weighted by molar-refractivity contribution is 0.240. The molecule has 10 heteroatoms. The fraction of sp³-hybridized carbons (Fsp3) is 0.200. The quantitative estimate of drug-likeness (QED) is 0.392. The largest absolute Gasteiger partial charge is 0.372 e. The molecule has 174 valence electrons. The molecular weight excluding hydrogens is 466 g/mol. The summed E-state index contributed by atoms with van der Waals surface area (Å²) in [5.74, 6) is 7.49. The van der Waals surface area contributed by atoms with Gasteiger partial charge < -0.3 is 14.6 Å². The number of fused-ring (bicyclic) bond motifs is 2. The number of nitrogens with zero attached hydrogens (tertiary/aromatic N) is 6. The molecule has 0 aliphatic carbocycles. The number of methoxy groups -OCH3 is 1. The Balaban J connectivity index is 1.52. The summed E-state index contributed by atoms with van der Waals surface area (Å²) in [6.07, 6.45) is 5.87. The SMILES string of the molecule is COCC#Cc1c[nH]c2ncnc(N3CC[C@H]3c3nn4ccc(Cl)c4c(=O)n3-c3ccccc3)c12. The van der Waals surface area contributed by atoms with Crippen molar-refractivity contribution < 1.29 is 4.74 Å². The van der Waals surface area contributed by atoms with Crippen molar-refractivity contribution in [2.24, 2.45) is 0 Å². The molecule has 6 rings (SSSR count). The van der Waals surface area contributed by atoms with Gasteiger partial charge in [-0.05, 0) is 24.6 Å². The van der Waals surface area contributed by atoms with Crippen molar-refractivity contribution in [1.82, 2.24) is 29.1 Å². The predicted octanol–water partition coefficient (Wildman–Crippen LogP) is 3.36. The maximum absolute atomic E-state index is 13.6. The molecule has 4 aromatic heterocycles. The van der Waals surface area contributed by atoms with E-state index in [1.807, 2.05) is 36.5 Å². The number of benzene rings is 1. The van der Waals surface area contributed by atoms with Gasteiger partial charge in [0.2, 0.25) is 0 Å². The second-order valence-corrected chi connectivity index (χ2v) is 8.55. The van der Waals surface area contributed by atoms with Gasteiger partial charge >= 0.3 is 0 Å². The molecule has 5 heterocycles. The molecule has 1 N–H and O–H groups in total. The molecule has 1 atom stereocenters. The van der Waals surface area contributed by atoms with Crippen molar-refractivity contribution in [3.63, 3.8) is 0 Å². The van der Waals surface area contributed by atoms with Crippen LogP contribution < -0.4 is 10.5 Å². The number of halogens is 1. The van der Waals surface area contributed by atoms with Crippen molar-refractivity contribution in [2.45, 2.75) is 12.5 Å². The van der Waals surface area contributed by atoms with E-state index in [1.165, 1.54) is 6.33 Å². The number of anilines is 1. The Labute approximate surface area is 204 Å². The van der Waals surface area contributed by atoms with E-state index >= 15 is 0 Å². The zero-order chi connectivity index (χ0) is 23.9. The summed E-state index contributed by atoms with van der Waals surface area (Å²) in [6, 6.07) is 11.0. The number of nitrogens with one attached hydrogen (secondary N) is 1. The van der Waals surface area contributed by atoms with Gasteiger partial charge in [-0.25, -0.2) is 14.5 Å². The first-order valence-corrected chi connectivity index (χ1v) is 11.5. The monoisotopic (exact) mass is 485 g/mol. The fourth-order valence-corrected chi connectivity index (χ4v) is 4.69. The zero-order valence-electron chi connectivity index (χ0n) is 18.8. The summed E-state index contributed by atoms with van der Waals surface area (Å²) in [4.78, 5) is 27.9. The summed E-state index contributed by atoms with van der Waals surface area (Å²) < 4.78 is 8.27. The number of ether oxygens (including phenoxy) is 1. The number of H-pyrrole nitrogens is 1. The van der Waals surface area contributed by atoms with Crippen LogP contribution >= 0.6 is 11.6 Å². The zero-order valence-corrected chi connectivity index (χ0v) is 19.5. The van der Waals surface area contributed by atoms with Crippen molar-refractivity contribution in [2.75, 3.05) is 25.2 Å². The highest BCUT2D eigenvalue weighted by Gasteiger charge is 2.37. The minimum Gasteiger partial charge on any atom is -0.372 e. The first kappa shape index (κ1) is 21.4. The van der Waals surface area contributed by atoms with Gasteiger partial charge in [0, 0.05) is 26.0 Å². The molecule has 1 saturated heterocycles. The third-order valence-electron chi connectivity index (χ3n) is 6.16. The van der Waals surface area contributed by atoms with Crippen LogP contribution in [0.4, 0.5) is 5.82 Å². The van der Waals surface area contributed by atoms with Crippen LogP contribution in [0.1, 0.15) is 23.9 Å². The lowest BCUT2D eigenvalue weighted by Gasteiger charge is -2.42. The summed E-state index contributed by atoms with van der Waals surface area (Å²) in [7, 11) is 1.61. The van der Waals surface area contributed by atoms with E-state index in [0.717, 1.165) is 35.4 Å². The van der Waals surface area contributed by atoms with Crippen LogP contribution in [0, 0.1) is 11.8 Å². The van der Waals surface area contributed by atoms with Gasteiger partial charge in [-0.3, -0.25) is 9.36 Å². The third kappa shape index (κ3) is 3.46. The van der Waals surface area contributed by atoms with Crippen LogP contribution in [0.2, 0.25) is 5.02 Å². The first-order valence-electron chi connectivity index (χ1n) is 11.1. The van der Waals surface area contributed by atoms with Crippen molar-refractivity contribution in [3.05, 3.63) is 81.9 Å². The Bertz CT molecular complexity index is 1680. The predicted molar refractivity (Wildman–Crippen MR) is 133 cm³/mol. The lowest BCUT2D eigenvalue weighted by Crippen LogP contribution is -2.45. The fourth-order valence-electron chi connectivity index (χ4n) is 4.47. The van der Waals surface area contributed by atoms with E-state index in [0.29, 0.717) is 28.6 Å². The minimum absolute atomic E-state index is 0.179. The smallest absolute Gasteiger partial charge is 0.284 e. The molecule has 0 unspecified atom stereocenters. The van der Waals surface area contributed by atoms with Crippen LogP contribution in [0.3, 0.4) is 0 Å².